The standard InChI is InChI=1S/C32H37N5O4/c1-22(28-21-34-29-20-23(10-15-27(28)29)30(38)37(33)26-8-6-5-7-9-26)36(31(39)41-32(2,3)4)25-13-11-24(12-14-25)35-16-18-40-19-17-35/h5-15,20-22,34H,16-19,33H2,1-4H3. The molecule has 41 heavy (non-hydrogen) atoms. The topological polar surface area (TPSA) is 104 Å². The molecule has 9 heteroatoms. The minimum atomic E-state index is -0.662. The summed E-state index contributed by atoms with van der Waals surface area (Å²) in [6, 6.07) is 22.1. The number of morpholine rings is 1. The van der Waals surface area contributed by atoms with Gasteiger partial charge in [-0.15, -0.1) is 0 Å². The number of benzene rings is 3. The molecular weight excluding hydrogens is 518 g/mol. The molecule has 1 aromatic heterocycles. The van der Waals surface area contributed by atoms with Crippen LogP contribution in [0.3, 0.4) is 0 Å². The van der Waals surface area contributed by atoms with E-state index in [2.05, 4.69) is 9.88 Å². The van der Waals surface area contributed by atoms with Crippen LogP contribution in [-0.2, 0) is 9.47 Å². The third-order valence-corrected chi connectivity index (χ3v) is 7.15. The van der Waals surface area contributed by atoms with Gasteiger partial charge < -0.3 is 19.4 Å². The van der Waals surface area contributed by atoms with Gasteiger partial charge in [0.25, 0.3) is 5.91 Å². The number of nitrogens with zero attached hydrogens (tertiary/aromatic N) is 3. The van der Waals surface area contributed by atoms with Crippen molar-refractivity contribution in [1.82, 2.24) is 4.98 Å². The van der Waals surface area contributed by atoms with Crippen LogP contribution in [0.25, 0.3) is 10.9 Å². The number of nitrogens with two attached hydrogens (primary N) is 1. The summed E-state index contributed by atoms with van der Waals surface area (Å²) in [7, 11) is 0. The van der Waals surface area contributed by atoms with Gasteiger partial charge in [0.2, 0.25) is 0 Å². The zero-order chi connectivity index (χ0) is 29.1. The Bertz CT molecular complexity index is 1500. The van der Waals surface area contributed by atoms with Gasteiger partial charge in [-0.25, -0.2) is 15.6 Å². The summed E-state index contributed by atoms with van der Waals surface area (Å²) in [6.45, 7) is 10.6. The molecule has 0 aliphatic carbocycles. The Labute approximate surface area is 240 Å². The second-order valence-electron chi connectivity index (χ2n) is 11.2. The number of hydrogen-bond acceptors (Lipinski definition) is 6. The summed E-state index contributed by atoms with van der Waals surface area (Å²) in [6.07, 6.45) is 1.44. The number of aromatic amines is 1. The van der Waals surface area contributed by atoms with Crippen molar-refractivity contribution in [2.24, 2.45) is 5.84 Å². The molecule has 1 aliphatic rings. The molecule has 9 nitrogen and oxygen atoms in total. The van der Waals surface area contributed by atoms with Crippen molar-refractivity contribution in [3.05, 3.63) is 90.1 Å². The van der Waals surface area contributed by atoms with E-state index >= 15 is 0 Å². The van der Waals surface area contributed by atoms with Crippen LogP contribution in [0.5, 0.6) is 0 Å². The van der Waals surface area contributed by atoms with E-state index in [9.17, 15) is 9.59 Å². The van der Waals surface area contributed by atoms with Gasteiger partial charge in [-0.3, -0.25) is 9.69 Å². The minimum absolute atomic E-state index is 0.321. The predicted octanol–water partition coefficient (Wildman–Crippen LogP) is 6.03. The Balaban J connectivity index is 1.44. The Morgan fingerprint density at radius 2 is 1.66 bits per heavy atom. The maximum atomic E-state index is 13.6. The molecule has 1 saturated heterocycles. The fourth-order valence-electron chi connectivity index (χ4n) is 5.06. The first-order valence-corrected chi connectivity index (χ1v) is 13.8. The fraction of sp³-hybridized carbons (Fsp3) is 0.312. The summed E-state index contributed by atoms with van der Waals surface area (Å²) in [5, 5.41) is 2.04. The van der Waals surface area contributed by atoms with Crippen molar-refractivity contribution in [2.75, 3.05) is 41.1 Å². The van der Waals surface area contributed by atoms with E-state index in [0.29, 0.717) is 24.5 Å². The molecule has 3 N–H and O–H groups in total. The number of para-hydroxylation sites is 1. The number of ether oxygens (including phenoxy) is 2. The van der Waals surface area contributed by atoms with Gasteiger partial charge in [0.15, 0.2) is 0 Å². The van der Waals surface area contributed by atoms with Crippen LogP contribution in [0, 0.1) is 0 Å². The first-order chi connectivity index (χ1) is 19.6. The quantitative estimate of drug-likeness (QED) is 0.171. The number of H-pyrrole nitrogens is 1. The SMILES string of the molecule is CC(c1c[nH]c2cc(C(=O)N(N)c3ccccc3)ccc12)N(C(=O)OC(C)(C)C)c1ccc(N2CCOCC2)cc1. The summed E-state index contributed by atoms with van der Waals surface area (Å²) >= 11 is 0. The lowest BCUT2D eigenvalue weighted by Gasteiger charge is -2.33. The lowest BCUT2D eigenvalue weighted by atomic mass is 10.0. The van der Waals surface area contributed by atoms with Gasteiger partial charge in [-0.05, 0) is 76.2 Å². The highest BCUT2D eigenvalue weighted by Crippen LogP contribution is 2.34. The molecule has 5 rings (SSSR count). The van der Waals surface area contributed by atoms with Crippen LogP contribution < -0.4 is 20.7 Å². The highest BCUT2D eigenvalue weighted by atomic mass is 16.6. The van der Waals surface area contributed by atoms with E-state index in [1.807, 2.05) is 82.4 Å². The number of carbonyl (C=O) groups excluding carboxylic acids is 2. The van der Waals surface area contributed by atoms with Crippen LogP contribution in [-0.4, -0.2) is 48.9 Å². The average molecular weight is 556 g/mol. The average Bonchev–Trinajstić information content (AvgIpc) is 3.40. The van der Waals surface area contributed by atoms with E-state index in [0.717, 1.165) is 45.9 Å². The summed E-state index contributed by atoms with van der Waals surface area (Å²) in [4.78, 5) is 33.9. The monoisotopic (exact) mass is 555 g/mol. The van der Waals surface area contributed by atoms with Crippen LogP contribution in [0.2, 0.25) is 0 Å². The number of rotatable bonds is 6. The van der Waals surface area contributed by atoms with Crippen molar-refractivity contribution in [1.29, 1.82) is 0 Å². The second kappa shape index (κ2) is 11.6. The van der Waals surface area contributed by atoms with Gasteiger partial charge in [-0.2, -0.15) is 0 Å². The number of nitrogens with one attached hydrogen (secondary N) is 1. The number of carbonyl (C=O) groups is 2. The van der Waals surface area contributed by atoms with Crippen molar-refractivity contribution < 1.29 is 19.1 Å². The number of hydrazine groups is 1. The van der Waals surface area contributed by atoms with E-state index < -0.39 is 11.7 Å². The Morgan fingerprint density at radius 1 is 0.976 bits per heavy atom. The molecule has 0 bridgehead atoms. The van der Waals surface area contributed by atoms with Gasteiger partial charge in [0.1, 0.15) is 5.60 Å². The van der Waals surface area contributed by atoms with E-state index in [1.54, 1.807) is 29.2 Å². The number of aromatic nitrogens is 1. The van der Waals surface area contributed by atoms with Gasteiger partial charge in [-0.1, -0.05) is 24.3 Å². The van der Waals surface area contributed by atoms with E-state index in [-0.39, 0.29) is 11.9 Å². The lowest BCUT2D eigenvalue weighted by molar-refractivity contribution is 0.0567. The molecule has 0 spiro atoms. The largest absolute Gasteiger partial charge is 0.443 e. The zero-order valence-electron chi connectivity index (χ0n) is 24.0. The van der Waals surface area contributed by atoms with Gasteiger partial charge in [0, 0.05) is 52.7 Å². The molecule has 1 aliphatic heterocycles. The Morgan fingerprint density at radius 3 is 2.32 bits per heavy atom. The minimum Gasteiger partial charge on any atom is -0.443 e. The summed E-state index contributed by atoms with van der Waals surface area (Å²) in [5.41, 5.74) is 3.87. The zero-order valence-corrected chi connectivity index (χ0v) is 24.0. The van der Waals surface area contributed by atoms with Crippen LogP contribution >= 0.6 is 0 Å². The first kappa shape index (κ1) is 28.2. The molecule has 0 saturated carbocycles. The van der Waals surface area contributed by atoms with Gasteiger partial charge in [0.05, 0.1) is 24.9 Å². The molecule has 0 radical (unpaired) electrons. The molecule has 214 valence electrons. The molecule has 1 atom stereocenters. The maximum Gasteiger partial charge on any atom is 0.415 e. The molecule has 2 amide bonds. The number of amides is 2. The van der Waals surface area contributed by atoms with Crippen LogP contribution in [0.15, 0.2) is 79.0 Å². The molecule has 2 heterocycles. The lowest BCUT2D eigenvalue weighted by Crippen LogP contribution is -2.39. The number of anilines is 3. The highest BCUT2D eigenvalue weighted by Gasteiger charge is 2.30. The third kappa shape index (κ3) is 6.21. The Hall–Kier alpha value is -4.34. The smallest absolute Gasteiger partial charge is 0.415 e. The molecular formula is C32H37N5O4. The molecule has 3 aromatic carbocycles. The Kier molecular flexibility index (Phi) is 8.01. The predicted molar refractivity (Wildman–Crippen MR) is 162 cm³/mol. The maximum absolute atomic E-state index is 13.6. The normalized spacial score (nSPS) is 14.5. The first-order valence-electron chi connectivity index (χ1n) is 13.8. The molecule has 1 fully saturated rings. The van der Waals surface area contributed by atoms with Gasteiger partial charge >= 0.3 is 6.09 Å². The third-order valence-electron chi connectivity index (χ3n) is 7.15. The van der Waals surface area contributed by atoms with Crippen molar-refractivity contribution >= 4 is 40.0 Å². The van der Waals surface area contributed by atoms with Crippen LogP contribution in [0.4, 0.5) is 21.9 Å². The second-order valence-corrected chi connectivity index (χ2v) is 11.2. The summed E-state index contributed by atoms with van der Waals surface area (Å²) < 4.78 is 11.3. The van der Waals surface area contributed by atoms with Crippen molar-refractivity contribution in [3.63, 3.8) is 0 Å². The van der Waals surface area contributed by atoms with E-state index in [4.69, 9.17) is 15.3 Å². The fourth-order valence-corrected chi connectivity index (χ4v) is 5.06. The molecule has 1 unspecified atom stereocenters. The van der Waals surface area contributed by atoms with E-state index in [1.165, 1.54) is 0 Å². The van der Waals surface area contributed by atoms with Crippen molar-refractivity contribution in [3.8, 4) is 0 Å². The number of fused-ring (bicyclic) bond motifs is 1. The van der Waals surface area contributed by atoms with Crippen molar-refractivity contribution in [2.45, 2.75) is 39.3 Å². The highest BCUT2D eigenvalue weighted by molar-refractivity contribution is 6.07. The van der Waals surface area contributed by atoms with Crippen LogP contribution in [0.1, 0.15) is 49.7 Å². The summed E-state index contributed by atoms with van der Waals surface area (Å²) in [5.74, 6) is 5.80. The molecule has 4 aromatic rings. The number of hydrogen-bond donors (Lipinski definition) is 2.